The van der Waals surface area contributed by atoms with Gasteiger partial charge in [0.1, 0.15) is 5.75 Å². The van der Waals surface area contributed by atoms with Crippen molar-refractivity contribution in [2.24, 2.45) is 0 Å². The van der Waals surface area contributed by atoms with E-state index in [-0.39, 0.29) is 11.8 Å². The third-order valence-electron chi connectivity index (χ3n) is 4.70. The Morgan fingerprint density at radius 1 is 1.11 bits per heavy atom. The number of rotatable bonds is 7. The Balaban J connectivity index is 2.00. The van der Waals surface area contributed by atoms with Crippen molar-refractivity contribution >= 4 is 17.5 Å². The first-order valence-corrected chi connectivity index (χ1v) is 9.56. The fourth-order valence-electron chi connectivity index (χ4n) is 3.00. The predicted octanol–water partition coefficient (Wildman–Crippen LogP) is 4.50. The lowest BCUT2D eigenvalue weighted by Crippen LogP contribution is -2.30. The van der Waals surface area contributed by atoms with E-state index in [9.17, 15) is 9.59 Å². The molecule has 0 aliphatic heterocycles. The molecule has 1 N–H and O–H groups in total. The summed E-state index contributed by atoms with van der Waals surface area (Å²) in [7, 11) is 1.75. The highest BCUT2D eigenvalue weighted by molar-refractivity contribution is 5.94. The number of aryl methyl sites for hydroxylation is 1. The molecule has 0 saturated carbocycles. The van der Waals surface area contributed by atoms with Gasteiger partial charge in [0, 0.05) is 26.2 Å². The van der Waals surface area contributed by atoms with Crippen LogP contribution >= 0.6 is 0 Å². The van der Waals surface area contributed by atoms with Crippen LogP contribution in [0.5, 0.6) is 5.75 Å². The second-order valence-electron chi connectivity index (χ2n) is 7.50. The van der Waals surface area contributed by atoms with Crippen molar-refractivity contribution < 1.29 is 14.3 Å². The molecule has 1 atom stereocenters. The molecule has 1 unspecified atom stereocenters. The van der Waals surface area contributed by atoms with Gasteiger partial charge in [-0.1, -0.05) is 32.0 Å². The van der Waals surface area contributed by atoms with Crippen molar-refractivity contribution in [3.8, 4) is 5.75 Å². The lowest BCUT2D eigenvalue weighted by molar-refractivity contribution is -0.128. The highest BCUT2D eigenvalue weighted by Crippen LogP contribution is 2.24. The predicted molar refractivity (Wildman–Crippen MR) is 113 cm³/mol. The monoisotopic (exact) mass is 382 g/mol. The minimum Gasteiger partial charge on any atom is -0.481 e. The summed E-state index contributed by atoms with van der Waals surface area (Å²) >= 11 is 0. The normalized spacial score (nSPS) is 11.8. The summed E-state index contributed by atoms with van der Waals surface area (Å²) < 4.78 is 5.83. The molecule has 2 amide bonds. The number of nitrogens with one attached hydrogen (secondary N) is 1. The van der Waals surface area contributed by atoms with Crippen molar-refractivity contribution in [2.75, 3.05) is 12.4 Å². The van der Waals surface area contributed by atoms with Gasteiger partial charge in [-0.25, -0.2) is 0 Å². The van der Waals surface area contributed by atoms with E-state index in [1.165, 1.54) is 12.5 Å². The van der Waals surface area contributed by atoms with Crippen molar-refractivity contribution in [1.29, 1.82) is 0 Å². The van der Waals surface area contributed by atoms with Crippen LogP contribution in [0.25, 0.3) is 0 Å². The summed E-state index contributed by atoms with van der Waals surface area (Å²) in [4.78, 5) is 25.5. The van der Waals surface area contributed by atoms with Crippen LogP contribution in [0.3, 0.4) is 0 Å². The average Bonchev–Trinajstić information content (AvgIpc) is 2.61. The van der Waals surface area contributed by atoms with Crippen molar-refractivity contribution in [3.63, 3.8) is 0 Å². The molecule has 0 radical (unpaired) electrons. The van der Waals surface area contributed by atoms with Gasteiger partial charge >= 0.3 is 0 Å². The fourth-order valence-corrected chi connectivity index (χ4v) is 3.00. The number of hydrogen-bond acceptors (Lipinski definition) is 3. The summed E-state index contributed by atoms with van der Waals surface area (Å²) in [6.07, 6.45) is -0.632. The maximum absolute atomic E-state index is 12.5. The highest BCUT2D eigenvalue weighted by atomic mass is 16.5. The summed E-state index contributed by atoms with van der Waals surface area (Å²) in [5.41, 5.74) is 4.06. The molecule has 2 rings (SSSR count). The van der Waals surface area contributed by atoms with E-state index in [4.69, 9.17) is 4.74 Å². The number of carbonyl (C=O) groups excluding carboxylic acids is 2. The van der Waals surface area contributed by atoms with Gasteiger partial charge in [-0.15, -0.1) is 0 Å². The number of benzene rings is 2. The quantitative estimate of drug-likeness (QED) is 0.767. The first kappa shape index (κ1) is 21.5. The molecule has 5 nitrogen and oxygen atoms in total. The zero-order valence-electron chi connectivity index (χ0n) is 17.6. The molecule has 0 aliphatic rings. The largest absolute Gasteiger partial charge is 0.481 e. The molecule has 2 aromatic carbocycles. The van der Waals surface area contributed by atoms with E-state index in [0.29, 0.717) is 23.9 Å². The Morgan fingerprint density at radius 2 is 1.82 bits per heavy atom. The first-order chi connectivity index (χ1) is 13.2. The minimum absolute atomic E-state index is 0.00441. The number of amides is 2. The van der Waals surface area contributed by atoms with Gasteiger partial charge < -0.3 is 15.0 Å². The van der Waals surface area contributed by atoms with E-state index >= 15 is 0 Å². The molecule has 28 heavy (non-hydrogen) atoms. The Bertz CT molecular complexity index is 845. The zero-order valence-corrected chi connectivity index (χ0v) is 17.6. The molecule has 0 aliphatic carbocycles. The minimum atomic E-state index is -0.632. The molecular formula is C23H30N2O3. The zero-order chi connectivity index (χ0) is 20.8. The Hall–Kier alpha value is -2.82. The maximum Gasteiger partial charge on any atom is 0.265 e. The number of anilines is 1. The molecule has 5 heteroatoms. The van der Waals surface area contributed by atoms with E-state index in [2.05, 4.69) is 32.2 Å². The molecule has 2 aromatic rings. The summed E-state index contributed by atoms with van der Waals surface area (Å²) in [5.74, 6) is 0.906. The molecule has 0 fully saturated rings. The van der Waals surface area contributed by atoms with Crippen molar-refractivity contribution in [2.45, 2.75) is 53.2 Å². The second kappa shape index (κ2) is 9.40. The van der Waals surface area contributed by atoms with E-state index < -0.39 is 6.10 Å². The van der Waals surface area contributed by atoms with Crippen molar-refractivity contribution in [1.82, 2.24) is 4.90 Å². The smallest absolute Gasteiger partial charge is 0.265 e. The molecule has 0 heterocycles. The van der Waals surface area contributed by atoms with Crippen molar-refractivity contribution in [3.05, 3.63) is 59.2 Å². The Morgan fingerprint density at radius 3 is 2.43 bits per heavy atom. The third-order valence-corrected chi connectivity index (χ3v) is 4.70. The van der Waals surface area contributed by atoms with E-state index in [1.54, 1.807) is 18.9 Å². The van der Waals surface area contributed by atoms with Gasteiger partial charge in [0.05, 0.1) is 0 Å². The van der Waals surface area contributed by atoms with Crippen LogP contribution in [0, 0.1) is 6.92 Å². The Labute approximate surface area is 167 Å². The molecule has 150 valence electrons. The second-order valence-corrected chi connectivity index (χ2v) is 7.50. The standard InChI is InChI=1S/C23H30N2O3/c1-15(2)22-11-10-21(12-16(22)3)28-17(4)23(27)24-20-9-7-8-19(13-20)14-25(6)18(5)26/h7-13,15,17H,14H2,1-6H3,(H,24,27). The molecule has 0 saturated heterocycles. The van der Waals surface area contributed by atoms with Crippen LogP contribution in [-0.2, 0) is 16.1 Å². The number of carbonyl (C=O) groups is 2. The van der Waals surface area contributed by atoms with Gasteiger partial charge in [0.15, 0.2) is 6.10 Å². The molecular weight excluding hydrogens is 352 g/mol. The van der Waals surface area contributed by atoms with Gasteiger partial charge in [-0.2, -0.15) is 0 Å². The summed E-state index contributed by atoms with van der Waals surface area (Å²) in [6.45, 7) is 10.1. The third kappa shape index (κ3) is 5.84. The van der Waals surface area contributed by atoms with Crippen LogP contribution in [0.2, 0.25) is 0 Å². The SMILES string of the molecule is CC(=O)N(C)Cc1cccc(NC(=O)C(C)Oc2ccc(C(C)C)c(C)c2)c1. The average molecular weight is 383 g/mol. The number of nitrogens with zero attached hydrogens (tertiary/aromatic N) is 1. The van der Waals surface area contributed by atoms with E-state index in [1.807, 2.05) is 36.4 Å². The lowest BCUT2D eigenvalue weighted by Gasteiger charge is -2.18. The van der Waals surface area contributed by atoms with Crippen LogP contribution in [0.1, 0.15) is 50.3 Å². The van der Waals surface area contributed by atoms with Crippen LogP contribution in [0.4, 0.5) is 5.69 Å². The van der Waals surface area contributed by atoms with Crippen LogP contribution < -0.4 is 10.1 Å². The number of ether oxygens (including phenoxy) is 1. The maximum atomic E-state index is 12.5. The molecule has 0 bridgehead atoms. The first-order valence-electron chi connectivity index (χ1n) is 9.56. The number of hydrogen-bond donors (Lipinski definition) is 1. The Kier molecular flexibility index (Phi) is 7.21. The summed E-state index contributed by atoms with van der Waals surface area (Å²) in [5, 5.41) is 2.88. The van der Waals surface area contributed by atoms with Gasteiger partial charge in [0.2, 0.25) is 5.91 Å². The fraction of sp³-hybridized carbons (Fsp3) is 0.391. The molecule has 0 spiro atoms. The summed E-state index contributed by atoms with van der Waals surface area (Å²) in [6, 6.07) is 13.4. The lowest BCUT2D eigenvalue weighted by atomic mass is 9.98. The van der Waals surface area contributed by atoms with Gasteiger partial charge in [-0.3, -0.25) is 9.59 Å². The topological polar surface area (TPSA) is 58.6 Å². The van der Waals surface area contributed by atoms with Crippen LogP contribution in [-0.4, -0.2) is 29.9 Å². The van der Waals surface area contributed by atoms with Gasteiger partial charge in [-0.05, 0) is 60.7 Å². The van der Waals surface area contributed by atoms with Gasteiger partial charge in [0.25, 0.3) is 5.91 Å². The van der Waals surface area contributed by atoms with Crippen LogP contribution in [0.15, 0.2) is 42.5 Å². The highest BCUT2D eigenvalue weighted by Gasteiger charge is 2.16. The molecule has 0 aromatic heterocycles. The van der Waals surface area contributed by atoms with E-state index in [0.717, 1.165) is 11.1 Å².